The fourth-order valence-corrected chi connectivity index (χ4v) is 3.27. The summed E-state index contributed by atoms with van der Waals surface area (Å²) < 4.78 is 31.0. The Labute approximate surface area is 101 Å². The molecule has 0 saturated heterocycles. The van der Waals surface area contributed by atoms with E-state index in [1.807, 2.05) is 0 Å². The summed E-state index contributed by atoms with van der Waals surface area (Å²) in [6.45, 7) is 0. The predicted molar refractivity (Wildman–Crippen MR) is 55.2 cm³/mol. The van der Waals surface area contributed by atoms with Crippen molar-refractivity contribution in [1.29, 1.82) is 0 Å². The van der Waals surface area contributed by atoms with Crippen molar-refractivity contribution in [1.82, 2.24) is 0 Å². The van der Waals surface area contributed by atoms with Gasteiger partial charge in [0.2, 0.25) is 0 Å². The second kappa shape index (κ2) is 5.00. The minimum absolute atomic E-state index is 0.177. The highest BCUT2D eigenvalue weighted by Gasteiger charge is 2.50. The van der Waals surface area contributed by atoms with E-state index in [0.717, 1.165) is 19.3 Å². The molecule has 0 amide bonds. The monoisotopic (exact) mass is 267 g/mol. The third-order valence-electron chi connectivity index (χ3n) is 3.33. The highest BCUT2D eigenvalue weighted by molar-refractivity contribution is 7.74. The first-order valence-electron chi connectivity index (χ1n) is 5.13. The summed E-state index contributed by atoms with van der Waals surface area (Å²) in [5.41, 5.74) is 0. The third-order valence-corrected chi connectivity index (χ3v) is 3.93. The minimum atomic E-state index is -2.57. The average molecular weight is 268 g/mol. The second-order valence-corrected chi connectivity index (χ2v) is 5.05. The van der Waals surface area contributed by atoms with Crippen molar-refractivity contribution in [3.63, 3.8) is 0 Å². The number of hydrogen-bond donors (Lipinski definition) is 0. The zero-order chi connectivity index (χ0) is 11.7. The molecule has 7 heteroatoms. The van der Waals surface area contributed by atoms with Crippen molar-refractivity contribution in [2.75, 3.05) is 5.88 Å². The van der Waals surface area contributed by atoms with Gasteiger partial charge in [0.05, 0.1) is 11.4 Å². The molecule has 92 valence electrons. The summed E-state index contributed by atoms with van der Waals surface area (Å²) in [6.07, 6.45) is 1.77. The largest absolute Gasteiger partial charge is 0.750 e. The van der Waals surface area contributed by atoms with E-state index in [-0.39, 0.29) is 17.7 Å². The van der Waals surface area contributed by atoms with E-state index < -0.39 is 29.5 Å². The van der Waals surface area contributed by atoms with Crippen LogP contribution in [0.3, 0.4) is 0 Å². The number of carbonyl (C=O) groups is 1. The minimum Gasteiger partial charge on any atom is -0.750 e. The van der Waals surface area contributed by atoms with E-state index >= 15 is 0 Å². The normalized spacial score (nSPS) is 38.6. The maximum atomic E-state index is 11.1. The van der Waals surface area contributed by atoms with Gasteiger partial charge in [-0.15, -0.1) is 11.6 Å². The molecule has 0 aromatic rings. The highest BCUT2D eigenvalue weighted by Crippen LogP contribution is 2.47. The van der Waals surface area contributed by atoms with E-state index in [1.165, 1.54) is 0 Å². The van der Waals surface area contributed by atoms with Crippen LogP contribution < -0.4 is 0 Å². The molecular formula is C9H12ClO5S-. The van der Waals surface area contributed by atoms with Gasteiger partial charge < -0.3 is 9.29 Å². The van der Waals surface area contributed by atoms with Crippen molar-refractivity contribution in [2.45, 2.75) is 31.5 Å². The van der Waals surface area contributed by atoms with Crippen LogP contribution in [0.4, 0.5) is 0 Å². The first kappa shape index (κ1) is 12.3. The summed E-state index contributed by atoms with van der Waals surface area (Å²) in [5.74, 6) is -0.354. The molecule has 0 aromatic heterocycles. The molecule has 0 aliphatic heterocycles. The Balaban J connectivity index is 2.02. The van der Waals surface area contributed by atoms with E-state index in [2.05, 4.69) is 0 Å². The lowest BCUT2D eigenvalue weighted by Gasteiger charge is -2.30. The molecule has 2 aliphatic carbocycles. The van der Waals surface area contributed by atoms with Crippen LogP contribution in [0.25, 0.3) is 0 Å². The van der Waals surface area contributed by atoms with Gasteiger partial charge in [0.1, 0.15) is 18.1 Å². The number of rotatable bonds is 4. The lowest BCUT2D eigenvalue weighted by molar-refractivity contribution is -0.154. The van der Waals surface area contributed by atoms with Crippen LogP contribution in [-0.2, 0) is 25.1 Å². The van der Waals surface area contributed by atoms with Gasteiger partial charge in [-0.05, 0) is 31.1 Å². The van der Waals surface area contributed by atoms with Crippen molar-refractivity contribution >= 4 is 28.9 Å². The molecule has 0 aromatic carbocycles. The number of ether oxygens (including phenoxy) is 1. The van der Waals surface area contributed by atoms with E-state index in [0.29, 0.717) is 0 Å². The molecule has 2 saturated carbocycles. The zero-order valence-corrected chi connectivity index (χ0v) is 10.0. The Kier molecular flexibility index (Phi) is 3.84. The Morgan fingerprint density at radius 3 is 2.56 bits per heavy atom. The van der Waals surface area contributed by atoms with Gasteiger partial charge in [-0.1, -0.05) is 0 Å². The fourth-order valence-electron chi connectivity index (χ4n) is 2.76. The second-order valence-electron chi connectivity index (χ2n) is 4.19. The first-order chi connectivity index (χ1) is 7.61. The first-order valence-corrected chi connectivity index (χ1v) is 6.67. The van der Waals surface area contributed by atoms with Crippen LogP contribution in [0.2, 0.25) is 0 Å². The number of fused-ring (bicyclic) bond motifs is 2. The molecule has 2 aliphatic rings. The van der Waals surface area contributed by atoms with Gasteiger partial charge >= 0.3 is 5.97 Å². The number of hydrogen-bond acceptors (Lipinski definition) is 5. The van der Waals surface area contributed by atoms with Gasteiger partial charge in [-0.25, -0.2) is 4.21 Å². The highest BCUT2D eigenvalue weighted by atomic mass is 35.5. The zero-order valence-electron chi connectivity index (χ0n) is 8.47. The molecule has 0 radical (unpaired) electrons. The summed E-state index contributed by atoms with van der Waals surface area (Å²) in [6, 6.07) is 0. The van der Waals surface area contributed by atoms with Crippen LogP contribution in [0.15, 0.2) is 0 Å². The van der Waals surface area contributed by atoms with Crippen molar-refractivity contribution in [3.05, 3.63) is 0 Å². The molecule has 16 heavy (non-hydrogen) atoms. The molecule has 0 N–H and O–H groups in total. The Morgan fingerprint density at radius 2 is 2.00 bits per heavy atom. The van der Waals surface area contributed by atoms with Crippen LogP contribution in [0, 0.1) is 11.8 Å². The molecule has 5 nitrogen and oxygen atoms in total. The molecular weight excluding hydrogens is 256 g/mol. The Bertz CT molecular complexity index is 310. The van der Waals surface area contributed by atoms with Crippen LogP contribution in [-0.4, -0.2) is 32.8 Å². The number of esters is 1. The quantitative estimate of drug-likeness (QED) is 0.427. The summed E-state index contributed by atoms with van der Waals surface area (Å²) in [7, 11) is 0. The lowest BCUT2D eigenvalue weighted by Crippen LogP contribution is -2.39. The van der Waals surface area contributed by atoms with E-state index in [9.17, 15) is 13.6 Å². The molecule has 2 bridgehead atoms. The third kappa shape index (κ3) is 2.40. The van der Waals surface area contributed by atoms with Gasteiger partial charge in [-0.3, -0.25) is 8.98 Å². The topological polar surface area (TPSA) is 75.7 Å². The smallest absolute Gasteiger partial charge is 0.321 e. The van der Waals surface area contributed by atoms with Crippen molar-refractivity contribution < 1.29 is 22.5 Å². The lowest BCUT2D eigenvalue weighted by atomic mass is 9.95. The summed E-state index contributed by atoms with van der Waals surface area (Å²) >= 11 is 2.78. The Morgan fingerprint density at radius 1 is 1.38 bits per heavy atom. The van der Waals surface area contributed by atoms with Gasteiger partial charge in [0.15, 0.2) is 0 Å². The predicted octanol–water partition coefficient (Wildman–Crippen LogP) is 0.746. The molecule has 0 heterocycles. The van der Waals surface area contributed by atoms with Crippen LogP contribution >= 0.6 is 11.6 Å². The SMILES string of the molecule is O=C(CCl)OC1C2CCC(C2)C1OS(=O)[O-]. The molecule has 0 spiro atoms. The van der Waals surface area contributed by atoms with Crippen LogP contribution in [0.5, 0.6) is 0 Å². The standard InChI is InChI=1S/C9H13ClO5S/c10-4-7(11)14-8-5-1-2-6(3-5)9(8)15-16(12)13/h5-6,8-9H,1-4H2,(H,12,13)/p-1. The maximum Gasteiger partial charge on any atom is 0.321 e. The Hall–Kier alpha value is -0.170. The number of halogens is 1. The molecule has 2 rings (SSSR count). The van der Waals surface area contributed by atoms with Gasteiger partial charge in [0, 0.05) is 0 Å². The van der Waals surface area contributed by atoms with Crippen LogP contribution in [0.1, 0.15) is 19.3 Å². The van der Waals surface area contributed by atoms with Crippen molar-refractivity contribution in [3.8, 4) is 0 Å². The summed E-state index contributed by atoms with van der Waals surface area (Å²) in [4.78, 5) is 11.1. The number of alkyl halides is 1. The average Bonchev–Trinajstić information content (AvgIpc) is 2.80. The molecule has 5 atom stereocenters. The fraction of sp³-hybridized carbons (Fsp3) is 0.889. The van der Waals surface area contributed by atoms with Gasteiger partial charge in [0.25, 0.3) is 0 Å². The van der Waals surface area contributed by atoms with Crippen molar-refractivity contribution in [2.24, 2.45) is 11.8 Å². The summed E-state index contributed by atoms with van der Waals surface area (Å²) in [5, 5.41) is 0. The molecule has 2 fully saturated rings. The van der Waals surface area contributed by atoms with Gasteiger partial charge in [-0.2, -0.15) is 0 Å². The molecule has 5 unspecified atom stereocenters. The maximum absolute atomic E-state index is 11.1. The number of carbonyl (C=O) groups excluding carboxylic acids is 1. The van der Waals surface area contributed by atoms with E-state index in [1.54, 1.807) is 0 Å². The van der Waals surface area contributed by atoms with E-state index in [4.69, 9.17) is 20.5 Å².